The van der Waals surface area contributed by atoms with Crippen LogP contribution in [0.3, 0.4) is 0 Å². The lowest BCUT2D eigenvalue weighted by atomic mass is 10.1. The molecule has 1 amide bonds. The molecular weight excluding hydrogens is 272 g/mol. The van der Waals surface area contributed by atoms with E-state index in [0.29, 0.717) is 12.2 Å². The first-order valence-electron chi connectivity index (χ1n) is 7.87. The summed E-state index contributed by atoms with van der Waals surface area (Å²) in [5, 5.41) is 6.21. The van der Waals surface area contributed by atoms with E-state index in [9.17, 15) is 4.79 Å². The number of amides is 1. The predicted molar refractivity (Wildman–Crippen MR) is 92.0 cm³/mol. The number of hydrogen-bond acceptors (Lipinski definition) is 2. The van der Waals surface area contributed by atoms with Gasteiger partial charge in [-0.2, -0.15) is 0 Å². The number of carbonyl (C=O) groups is 1. The average Bonchev–Trinajstić information content (AvgIpc) is 2.55. The first-order valence-corrected chi connectivity index (χ1v) is 7.87. The Morgan fingerprint density at radius 2 is 1.64 bits per heavy atom. The third kappa shape index (κ3) is 2.93. The Labute approximate surface area is 130 Å². The van der Waals surface area contributed by atoms with Gasteiger partial charge in [-0.15, -0.1) is 0 Å². The number of pyridine rings is 1. The quantitative estimate of drug-likeness (QED) is 0.536. The SMILES string of the molecule is CCCCCC(=O)Nc1nc2ccccc2c2ccccc12. The Hall–Kier alpha value is -2.42. The fourth-order valence-electron chi connectivity index (χ4n) is 2.73. The van der Waals surface area contributed by atoms with Gasteiger partial charge in [0.25, 0.3) is 0 Å². The number of unbranched alkanes of at least 4 members (excludes halogenated alkanes) is 2. The molecule has 0 spiro atoms. The van der Waals surface area contributed by atoms with Crippen LogP contribution >= 0.6 is 0 Å². The van der Waals surface area contributed by atoms with E-state index in [1.54, 1.807) is 0 Å². The van der Waals surface area contributed by atoms with Crippen LogP contribution in [0.4, 0.5) is 5.82 Å². The number of fused-ring (bicyclic) bond motifs is 3. The fourth-order valence-corrected chi connectivity index (χ4v) is 2.73. The van der Waals surface area contributed by atoms with Crippen molar-refractivity contribution in [1.82, 2.24) is 4.98 Å². The normalized spacial score (nSPS) is 11.0. The first kappa shape index (κ1) is 14.5. The predicted octanol–water partition coefficient (Wildman–Crippen LogP) is 4.91. The van der Waals surface area contributed by atoms with Gasteiger partial charge in [0, 0.05) is 17.2 Å². The molecule has 3 aromatic rings. The van der Waals surface area contributed by atoms with Gasteiger partial charge in [-0.3, -0.25) is 4.79 Å². The van der Waals surface area contributed by atoms with Crippen molar-refractivity contribution < 1.29 is 4.79 Å². The molecule has 0 aliphatic heterocycles. The lowest BCUT2D eigenvalue weighted by Crippen LogP contribution is -2.12. The number of anilines is 1. The fraction of sp³-hybridized carbons (Fsp3) is 0.263. The molecule has 3 nitrogen and oxygen atoms in total. The van der Waals surface area contributed by atoms with Crippen LogP contribution in [0.1, 0.15) is 32.6 Å². The van der Waals surface area contributed by atoms with E-state index in [-0.39, 0.29) is 5.91 Å². The molecule has 1 N–H and O–H groups in total. The average molecular weight is 292 g/mol. The van der Waals surface area contributed by atoms with Crippen LogP contribution in [0.25, 0.3) is 21.7 Å². The molecule has 3 heteroatoms. The molecule has 1 aromatic heterocycles. The highest BCUT2D eigenvalue weighted by atomic mass is 16.1. The molecule has 0 aliphatic carbocycles. The second-order valence-corrected chi connectivity index (χ2v) is 5.53. The Morgan fingerprint density at radius 3 is 2.41 bits per heavy atom. The molecule has 2 aromatic carbocycles. The van der Waals surface area contributed by atoms with Crippen LogP contribution in [0.15, 0.2) is 48.5 Å². The van der Waals surface area contributed by atoms with Crippen LogP contribution < -0.4 is 5.32 Å². The van der Waals surface area contributed by atoms with E-state index in [2.05, 4.69) is 29.4 Å². The molecule has 1 heterocycles. The van der Waals surface area contributed by atoms with Crippen molar-refractivity contribution in [3.63, 3.8) is 0 Å². The monoisotopic (exact) mass is 292 g/mol. The number of carbonyl (C=O) groups excluding carboxylic acids is 1. The molecule has 0 fully saturated rings. The smallest absolute Gasteiger partial charge is 0.225 e. The van der Waals surface area contributed by atoms with Crippen LogP contribution in [-0.2, 0) is 4.79 Å². The molecule has 0 aliphatic rings. The van der Waals surface area contributed by atoms with Gasteiger partial charge >= 0.3 is 0 Å². The van der Waals surface area contributed by atoms with Crippen LogP contribution in [0.2, 0.25) is 0 Å². The molecule has 0 atom stereocenters. The van der Waals surface area contributed by atoms with Gasteiger partial charge in [-0.1, -0.05) is 62.2 Å². The summed E-state index contributed by atoms with van der Waals surface area (Å²) >= 11 is 0. The minimum atomic E-state index is 0.0429. The van der Waals surface area contributed by atoms with Crippen molar-refractivity contribution in [3.05, 3.63) is 48.5 Å². The van der Waals surface area contributed by atoms with Gasteiger partial charge in [0.2, 0.25) is 5.91 Å². The molecule has 0 bridgehead atoms. The minimum absolute atomic E-state index is 0.0429. The standard InChI is InChI=1S/C19H20N2O/c1-2-3-4-13-18(22)21-19-16-11-6-5-9-14(16)15-10-7-8-12-17(15)20-19/h5-12H,2-4,13H2,1H3,(H,20,21,22). The lowest BCUT2D eigenvalue weighted by Gasteiger charge is -2.10. The number of benzene rings is 2. The summed E-state index contributed by atoms with van der Waals surface area (Å²) in [6.07, 6.45) is 3.67. The van der Waals surface area contributed by atoms with Crippen LogP contribution in [-0.4, -0.2) is 10.9 Å². The highest BCUT2D eigenvalue weighted by Crippen LogP contribution is 2.29. The maximum Gasteiger partial charge on any atom is 0.225 e. The van der Waals surface area contributed by atoms with Crippen molar-refractivity contribution in [1.29, 1.82) is 0 Å². The van der Waals surface area contributed by atoms with E-state index in [4.69, 9.17) is 0 Å². The summed E-state index contributed by atoms with van der Waals surface area (Å²) < 4.78 is 0. The molecule has 22 heavy (non-hydrogen) atoms. The zero-order valence-corrected chi connectivity index (χ0v) is 12.8. The Kier molecular flexibility index (Phi) is 4.33. The maximum absolute atomic E-state index is 12.1. The largest absolute Gasteiger partial charge is 0.310 e. The van der Waals surface area contributed by atoms with Gasteiger partial charge in [0.15, 0.2) is 0 Å². The molecule has 0 radical (unpaired) electrons. The first-order chi connectivity index (χ1) is 10.8. The summed E-state index contributed by atoms with van der Waals surface area (Å²) in [5.74, 6) is 0.706. The molecule has 3 rings (SSSR count). The number of hydrogen-bond donors (Lipinski definition) is 1. The lowest BCUT2D eigenvalue weighted by molar-refractivity contribution is -0.116. The van der Waals surface area contributed by atoms with E-state index in [1.807, 2.05) is 36.4 Å². The van der Waals surface area contributed by atoms with E-state index < -0.39 is 0 Å². The van der Waals surface area contributed by atoms with E-state index >= 15 is 0 Å². The summed E-state index contributed by atoms with van der Waals surface area (Å²) in [4.78, 5) is 16.8. The summed E-state index contributed by atoms with van der Waals surface area (Å²) in [5.41, 5.74) is 0.907. The molecular formula is C19H20N2O. The second-order valence-electron chi connectivity index (χ2n) is 5.53. The number of para-hydroxylation sites is 1. The molecule has 0 saturated carbocycles. The zero-order chi connectivity index (χ0) is 15.4. The summed E-state index contributed by atoms with van der Waals surface area (Å²) in [7, 11) is 0. The Balaban J connectivity index is 1.99. The van der Waals surface area contributed by atoms with Crippen molar-refractivity contribution in [3.8, 4) is 0 Å². The van der Waals surface area contributed by atoms with Gasteiger partial charge in [0.05, 0.1) is 5.52 Å². The maximum atomic E-state index is 12.1. The summed E-state index contributed by atoms with van der Waals surface area (Å²) in [6.45, 7) is 2.14. The van der Waals surface area contributed by atoms with Gasteiger partial charge < -0.3 is 5.32 Å². The van der Waals surface area contributed by atoms with Gasteiger partial charge in [-0.25, -0.2) is 4.98 Å². The summed E-state index contributed by atoms with van der Waals surface area (Å²) in [6, 6.07) is 16.1. The van der Waals surface area contributed by atoms with Crippen LogP contribution in [0, 0.1) is 0 Å². The minimum Gasteiger partial charge on any atom is -0.310 e. The van der Waals surface area contributed by atoms with Crippen molar-refractivity contribution in [2.75, 3.05) is 5.32 Å². The highest BCUT2D eigenvalue weighted by Gasteiger charge is 2.10. The highest BCUT2D eigenvalue weighted by molar-refractivity contribution is 6.12. The number of rotatable bonds is 5. The Bertz CT molecular complexity index is 811. The van der Waals surface area contributed by atoms with Crippen molar-refractivity contribution in [2.24, 2.45) is 0 Å². The van der Waals surface area contributed by atoms with Crippen LogP contribution in [0.5, 0.6) is 0 Å². The third-order valence-corrected chi connectivity index (χ3v) is 3.87. The molecule has 0 unspecified atom stereocenters. The molecule has 0 saturated heterocycles. The van der Waals surface area contributed by atoms with E-state index in [0.717, 1.165) is 40.9 Å². The molecule has 112 valence electrons. The zero-order valence-electron chi connectivity index (χ0n) is 12.8. The third-order valence-electron chi connectivity index (χ3n) is 3.87. The van der Waals surface area contributed by atoms with Crippen molar-refractivity contribution in [2.45, 2.75) is 32.6 Å². The van der Waals surface area contributed by atoms with Gasteiger partial charge in [-0.05, 0) is 17.9 Å². The number of aromatic nitrogens is 1. The van der Waals surface area contributed by atoms with Gasteiger partial charge in [0.1, 0.15) is 5.82 Å². The topological polar surface area (TPSA) is 42.0 Å². The van der Waals surface area contributed by atoms with Crippen molar-refractivity contribution >= 4 is 33.4 Å². The van der Waals surface area contributed by atoms with E-state index in [1.165, 1.54) is 0 Å². The second kappa shape index (κ2) is 6.56. The number of nitrogens with zero attached hydrogens (tertiary/aromatic N) is 1. The number of nitrogens with one attached hydrogen (secondary N) is 1. The Morgan fingerprint density at radius 1 is 0.955 bits per heavy atom.